The highest BCUT2D eigenvalue weighted by Gasteiger charge is 2.17. The van der Waals surface area contributed by atoms with Crippen LogP contribution in [0.1, 0.15) is 11.3 Å². The summed E-state index contributed by atoms with van der Waals surface area (Å²) in [5.74, 6) is 1.06. The minimum atomic E-state index is -0.318. The molecule has 5 nitrogen and oxygen atoms in total. The van der Waals surface area contributed by atoms with Gasteiger partial charge in [-0.15, -0.1) is 0 Å². The molecule has 1 aromatic heterocycles. The SMILES string of the molecule is COc1ccccc1Oc1c(N)cc(C#N)n1Cc1ccc(F)cc1. The normalized spacial score (nSPS) is 10.3. The van der Waals surface area contributed by atoms with Crippen LogP contribution in [0, 0.1) is 17.1 Å². The van der Waals surface area contributed by atoms with Gasteiger partial charge in [0.1, 0.15) is 17.6 Å². The van der Waals surface area contributed by atoms with Crippen LogP contribution in [0.15, 0.2) is 54.6 Å². The van der Waals surface area contributed by atoms with Gasteiger partial charge in [0.05, 0.1) is 19.3 Å². The van der Waals surface area contributed by atoms with Gasteiger partial charge < -0.3 is 15.2 Å². The van der Waals surface area contributed by atoms with Crippen LogP contribution in [0.4, 0.5) is 10.1 Å². The molecule has 0 atom stereocenters. The molecule has 0 aliphatic carbocycles. The number of nitrogens with two attached hydrogens (primary N) is 1. The van der Waals surface area contributed by atoms with Gasteiger partial charge in [0, 0.05) is 6.07 Å². The average molecular weight is 337 g/mol. The third kappa shape index (κ3) is 3.40. The fraction of sp³-hybridized carbons (Fsp3) is 0.105. The molecule has 0 saturated carbocycles. The summed E-state index contributed by atoms with van der Waals surface area (Å²) >= 11 is 0. The number of aromatic nitrogens is 1. The summed E-state index contributed by atoms with van der Waals surface area (Å²) < 4.78 is 26.0. The summed E-state index contributed by atoms with van der Waals surface area (Å²) in [6.07, 6.45) is 0. The number of para-hydroxylation sites is 2. The Hall–Kier alpha value is -3.46. The average Bonchev–Trinajstić information content (AvgIpc) is 2.92. The van der Waals surface area contributed by atoms with E-state index >= 15 is 0 Å². The van der Waals surface area contributed by atoms with Crippen molar-refractivity contribution >= 4 is 5.69 Å². The molecule has 0 aliphatic heterocycles. The van der Waals surface area contributed by atoms with Crippen molar-refractivity contribution in [3.63, 3.8) is 0 Å². The number of nitrogen functional groups attached to an aromatic ring is 1. The highest BCUT2D eigenvalue weighted by molar-refractivity contribution is 5.57. The van der Waals surface area contributed by atoms with Gasteiger partial charge in [0.15, 0.2) is 11.5 Å². The Labute approximate surface area is 144 Å². The maximum atomic E-state index is 13.1. The lowest BCUT2D eigenvalue weighted by molar-refractivity contribution is 0.368. The van der Waals surface area contributed by atoms with E-state index in [9.17, 15) is 9.65 Å². The second-order valence-electron chi connectivity index (χ2n) is 5.37. The van der Waals surface area contributed by atoms with Crippen molar-refractivity contribution in [3.8, 4) is 23.4 Å². The van der Waals surface area contributed by atoms with Crippen LogP contribution in [0.3, 0.4) is 0 Å². The molecule has 0 bridgehead atoms. The van der Waals surface area contributed by atoms with Crippen molar-refractivity contribution in [2.45, 2.75) is 6.54 Å². The molecule has 6 heteroatoms. The van der Waals surface area contributed by atoms with Crippen molar-refractivity contribution in [2.24, 2.45) is 0 Å². The van der Waals surface area contributed by atoms with Gasteiger partial charge in [0.2, 0.25) is 5.88 Å². The molecule has 0 unspecified atom stereocenters. The molecule has 2 N–H and O–H groups in total. The standard InChI is InChI=1S/C19H16FN3O2/c1-24-17-4-2-3-5-18(17)25-19-16(22)10-15(11-21)23(19)12-13-6-8-14(20)9-7-13/h2-10H,12,22H2,1H3. The van der Waals surface area contributed by atoms with Crippen molar-refractivity contribution in [1.29, 1.82) is 5.26 Å². The zero-order valence-corrected chi connectivity index (χ0v) is 13.6. The zero-order chi connectivity index (χ0) is 17.8. The second-order valence-corrected chi connectivity index (χ2v) is 5.37. The first kappa shape index (κ1) is 16.4. The third-order valence-corrected chi connectivity index (χ3v) is 3.72. The molecule has 126 valence electrons. The van der Waals surface area contributed by atoms with Gasteiger partial charge in [-0.2, -0.15) is 5.26 Å². The maximum Gasteiger partial charge on any atom is 0.224 e. The predicted octanol–water partition coefficient (Wildman–Crippen LogP) is 3.93. The van der Waals surface area contributed by atoms with Crippen molar-refractivity contribution in [2.75, 3.05) is 12.8 Å². The smallest absolute Gasteiger partial charge is 0.224 e. The summed E-state index contributed by atoms with van der Waals surface area (Å²) in [6.45, 7) is 0.324. The fourth-order valence-electron chi connectivity index (χ4n) is 2.50. The molecule has 1 heterocycles. The lowest BCUT2D eigenvalue weighted by Gasteiger charge is -2.14. The van der Waals surface area contributed by atoms with Crippen molar-refractivity contribution in [3.05, 3.63) is 71.7 Å². The van der Waals surface area contributed by atoms with E-state index in [4.69, 9.17) is 15.2 Å². The molecule has 3 aromatic rings. The molecule has 2 aromatic carbocycles. The first-order valence-corrected chi connectivity index (χ1v) is 7.56. The van der Waals surface area contributed by atoms with Crippen LogP contribution in [-0.4, -0.2) is 11.7 Å². The minimum Gasteiger partial charge on any atom is -0.493 e. The Morgan fingerprint density at radius 3 is 2.44 bits per heavy atom. The minimum absolute atomic E-state index is 0.318. The zero-order valence-electron chi connectivity index (χ0n) is 13.6. The van der Waals surface area contributed by atoms with Crippen LogP contribution >= 0.6 is 0 Å². The number of ether oxygens (including phenoxy) is 2. The summed E-state index contributed by atoms with van der Waals surface area (Å²) in [6, 6.07) is 16.9. The first-order chi connectivity index (χ1) is 12.1. The molecule has 0 amide bonds. The lowest BCUT2D eigenvalue weighted by Crippen LogP contribution is -2.05. The summed E-state index contributed by atoms with van der Waals surface area (Å²) in [5, 5.41) is 9.38. The van der Waals surface area contributed by atoms with Crippen molar-refractivity contribution in [1.82, 2.24) is 4.57 Å². The van der Waals surface area contributed by atoms with Gasteiger partial charge in [-0.25, -0.2) is 4.39 Å². The van der Waals surface area contributed by atoms with Crippen LogP contribution in [-0.2, 0) is 6.54 Å². The summed E-state index contributed by atoms with van der Waals surface area (Å²) in [5.41, 5.74) is 7.55. The Morgan fingerprint density at radius 1 is 1.12 bits per heavy atom. The van der Waals surface area contributed by atoms with E-state index < -0.39 is 0 Å². The van der Waals surface area contributed by atoms with Crippen LogP contribution in [0.2, 0.25) is 0 Å². The van der Waals surface area contributed by atoms with E-state index in [1.54, 1.807) is 42.0 Å². The number of methoxy groups -OCH3 is 1. The molecule has 3 rings (SSSR count). The van der Waals surface area contributed by atoms with E-state index in [2.05, 4.69) is 6.07 Å². The predicted molar refractivity (Wildman–Crippen MR) is 92.1 cm³/mol. The topological polar surface area (TPSA) is 73.2 Å². The van der Waals surface area contributed by atoms with Gasteiger partial charge >= 0.3 is 0 Å². The largest absolute Gasteiger partial charge is 0.493 e. The van der Waals surface area contributed by atoms with E-state index in [0.717, 1.165) is 5.56 Å². The van der Waals surface area contributed by atoms with E-state index in [1.165, 1.54) is 12.1 Å². The van der Waals surface area contributed by atoms with Gasteiger partial charge in [-0.3, -0.25) is 4.57 Å². The van der Waals surface area contributed by atoms with Gasteiger partial charge in [-0.1, -0.05) is 24.3 Å². The molecule has 0 saturated heterocycles. The van der Waals surface area contributed by atoms with Crippen molar-refractivity contribution < 1.29 is 13.9 Å². The fourth-order valence-corrected chi connectivity index (χ4v) is 2.50. The number of halogens is 1. The Balaban J connectivity index is 2.00. The lowest BCUT2D eigenvalue weighted by atomic mass is 10.2. The molecular weight excluding hydrogens is 321 g/mol. The maximum absolute atomic E-state index is 13.1. The van der Waals surface area contributed by atoms with E-state index in [-0.39, 0.29) is 5.82 Å². The van der Waals surface area contributed by atoms with E-state index in [0.29, 0.717) is 35.3 Å². The van der Waals surface area contributed by atoms with Crippen LogP contribution in [0.25, 0.3) is 0 Å². The molecule has 0 radical (unpaired) electrons. The third-order valence-electron chi connectivity index (χ3n) is 3.72. The number of anilines is 1. The highest BCUT2D eigenvalue weighted by Crippen LogP contribution is 2.36. The van der Waals surface area contributed by atoms with E-state index in [1.807, 2.05) is 12.1 Å². The summed E-state index contributed by atoms with van der Waals surface area (Å²) in [7, 11) is 1.55. The second kappa shape index (κ2) is 6.97. The number of nitriles is 1. The molecule has 0 spiro atoms. The molecule has 0 fully saturated rings. The van der Waals surface area contributed by atoms with Gasteiger partial charge in [0.25, 0.3) is 0 Å². The monoisotopic (exact) mass is 337 g/mol. The number of benzene rings is 2. The Bertz CT molecular complexity index is 927. The molecule has 25 heavy (non-hydrogen) atoms. The number of nitrogens with zero attached hydrogens (tertiary/aromatic N) is 2. The number of hydrogen-bond acceptors (Lipinski definition) is 4. The summed E-state index contributed by atoms with van der Waals surface area (Å²) in [4.78, 5) is 0. The Morgan fingerprint density at radius 2 is 1.80 bits per heavy atom. The highest BCUT2D eigenvalue weighted by atomic mass is 19.1. The van der Waals surface area contributed by atoms with Crippen LogP contribution in [0.5, 0.6) is 17.4 Å². The number of hydrogen-bond donors (Lipinski definition) is 1. The van der Waals surface area contributed by atoms with Gasteiger partial charge in [-0.05, 0) is 29.8 Å². The molecular formula is C19H16FN3O2. The molecule has 0 aliphatic rings. The first-order valence-electron chi connectivity index (χ1n) is 7.56. The number of rotatable bonds is 5. The quantitative estimate of drug-likeness (QED) is 0.765. The van der Waals surface area contributed by atoms with Crippen LogP contribution < -0.4 is 15.2 Å². The Kier molecular flexibility index (Phi) is 4.57.